The Bertz CT molecular complexity index is 693. The molecule has 0 radical (unpaired) electrons. The predicted molar refractivity (Wildman–Crippen MR) is 110 cm³/mol. The van der Waals surface area contributed by atoms with E-state index in [0.717, 1.165) is 37.5 Å². The summed E-state index contributed by atoms with van der Waals surface area (Å²) in [5.41, 5.74) is -0.432. The van der Waals surface area contributed by atoms with Crippen LogP contribution in [0.25, 0.3) is 0 Å². The van der Waals surface area contributed by atoms with Gasteiger partial charge >= 0.3 is 11.9 Å². The second-order valence-electron chi connectivity index (χ2n) is 10.7. The van der Waals surface area contributed by atoms with Crippen LogP contribution in [-0.2, 0) is 19.1 Å². The second kappa shape index (κ2) is 7.42. The number of ether oxygens (including phenoxy) is 2. The number of esters is 2. The lowest BCUT2D eigenvalue weighted by molar-refractivity contribution is -0.177. The summed E-state index contributed by atoms with van der Waals surface area (Å²) in [4.78, 5) is 25.3. The summed E-state index contributed by atoms with van der Waals surface area (Å²) in [7, 11) is 0. The van der Waals surface area contributed by atoms with Crippen LogP contribution in [0.5, 0.6) is 0 Å². The second-order valence-corrected chi connectivity index (χ2v) is 10.7. The number of rotatable bonds is 6. The zero-order chi connectivity index (χ0) is 20.2. The molecule has 0 aromatic rings. The lowest BCUT2D eigenvalue weighted by atomic mass is 9.69. The molecule has 160 valence electrons. The molecule has 8 atom stereocenters. The molecule has 0 heterocycles. The maximum Gasteiger partial charge on any atom is 0.344 e. The topological polar surface area (TPSA) is 52.6 Å². The molecule has 4 saturated carbocycles. The number of carbonyl (C=O) groups is 2. The third-order valence-corrected chi connectivity index (χ3v) is 9.42. The third kappa shape index (κ3) is 3.25. The third-order valence-electron chi connectivity index (χ3n) is 9.42. The van der Waals surface area contributed by atoms with Crippen LogP contribution in [0, 0.1) is 47.3 Å². The van der Waals surface area contributed by atoms with Crippen molar-refractivity contribution < 1.29 is 19.1 Å². The monoisotopic (exact) mass is 400 g/mol. The van der Waals surface area contributed by atoms with E-state index in [0.29, 0.717) is 29.6 Å². The number of allylic oxidation sites excluding steroid dienone is 2. The van der Waals surface area contributed by atoms with Crippen LogP contribution < -0.4 is 0 Å². The molecule has 4 fully saturated rings. The van der Waals surface area contributed by atoms with Crippen LogP contribution in [-0.4, -0.2) is 24.1 Å². The Hall–Kier alpha value is -1.32. The molecule has 5 rings (SSSR count). The Labute approximate surface area is 174 Å². The van der Waals surface area contributed by atoms with E-state index < -0.39 is 5.60 Å². The average Bonchev–Trinajstić information content (AvgIpc) is 3.52. The molecule has 0 saturated heterocycles. The standard InChI is InChI=1S/C25H36O4/c1-3-25(2,18-7-5-4-6-8-18)29-21(26)14-28-24(27)20-13-17-12-19(20)23-16-10-9-15(11-16)22(17)23/h9-10,15-20,22-23H,3-8,11-14H2,1-2H3. The summed E-state index contributed by atoms with van der Waals surface area (Å²) in [5, 5.41) is 0. The van der Waals surface area contributed by atoms with Gasteiger partial charge in [0.05, 0.1) is 5.92 Å². The van der Waals surface area contributed by atoms with Gasteiger partial charge in [-0.15, -0.1) is 0 Å². The first-order chi connectivity index (χ1) is 14.0. The fraction of sp³-hybridized carbons (Fsp3) is 0.840. The molecule has 5 aliphatic carbocycles. The minimum atomic E-state index is -0.432. The quantitative estimate of drug-likeness (QED) is 0.361. The zero-order valence-corrected chi connectivity index (χ0v) is 18.0. The highest BCUT2D eigenvalue weighted by atomic mass is 16.6. The van der Waals surface area contributed by atoms with E-state index in [-0.39, 0.29) is 24.5 Å². The van der Waals surface area contributed by atoms with Crippen molar-refractivity contribution in [2.75, 3.05) is 6.61 Å². The largest absolute Gasteiger partial charge is 0.457 e. The van der Waals surface area contributed by atoms with Gasteiger partial charge in [-0.3, -0.25) is 4.79 Å². The number of carbonyl (C=O) groups excluding carboxylic acids is 2. The Morgan fingerprint density at radius 3 is 2.45 bits per heavy atom. The number of hydrogen-bond donors (Lipinski definition) is 0. The van der Waals surface area contributed by atoms with Gasteiger partial charge in [0, 0.05) is 0 Å². The van der Waals surface area contributed by atoms with Gasteiger partial charge in [0.1, 0.15) is 5.60 Å². The van der Waals surface area contributed by atoms with Crippen molar-refractivity contribution in [1.29, 1.82) is 0 Å². The Balaban J connectivity index is 1.14. The first-order valence-electron chi connectivity index (χ1n) is 12.1. The molecule has 0 aliphatic heterocycles. The van der Waals surface area contributed by atoms with Crippen LogP contribution in [0.3, 0.4) is 0 Å². The van der Waals surface area contributed by atoms with E-state index in [4.69, 9.17) is 9.47 Å². The van der Waals surface area contributed by atoms with Crippen LogP contribution in [0.4, 0.5) is 0 Å². The van der Waals surface area contributed by atoms with Crippen molar-refractivity contribution in [3.8, 4) is 0 Å². The summed E-state index contributed by atoms with van der Waals surface area (Å²) in [5.74, 6) is 3.98. The summed E-state index contributed by atoms with van der Waals surface area (Å²) >= 11 is 0. The highest BCUT2D eigenvalue weighted by Crippen LogP contribution is 2.67. The first kappa shape index (κ1) is 19.6. The normalized spacial score (nSPS) is 41.9. The van der Waals surface area contributed by atoms with E-state index in [1.165, 1.54) is 32.1 Å². The molecule has 0 spiro atoms. The molecule has 4 nitrogen and oxygen atoms in total. The van der Waals surface area contributed by atoms with Gasteiger partial charge < -0.3 is 9.47 Å². The lowest BCUT2D eigenvalue weighted by Gasteiger charge is -2.38. The van der Waals surface area contributed by atoms with Gasteiger partial charge in [0.25, 0.3) is 0 Å². The molecule has 4 bridgehead atoms. The minimum absolute atomic E-state index is 0.00213. The van der Waals surface area contributed by atoms with Gasteiger partial charge in [-0.2, -0.15) is 0 Å². The van der Waals surface area contributed by atoms with Crippen molar-refractivity contribution in [2.45, 2.75) is 77.2 Å². The maximum absolute atomic E-state index is 12.8. The predicted octanol–water partition coefficient (Wildman–Crippen LogP) is 4.92. The highest BCUT2D eigenvalue weighted by Gasteiger charge is 2.62. The summed E-state index contributed by atoms with van der Waals surface area (Å²) < 4.78 is 11.4. The SMILES string of the molecule is CCC(C)(OC(=O)COC(=O)C1CC2CC1C1C3C=CC(C3)C21)C1CCCCC1. The molecule has 0 aromatic carbocycles. The fourth-order valence-electron chi connectivity index (χ4n) is 7.97. The van der Waals surface area contributed by atoms with E-state index in [1.54, 1.807) is 0 Å². The fourth-order valence-corrected chi connectivity index (χ4v) is 7.97. The maximum atomic E-state index is 12.8. The smallest absolute Gasteiger partial charge is 0.344 e. The van der Waals surface area contributed by atoms with Crippen molar-refractivity contribution >= 4 is 11.9 Å². The van der Waals surface area contributed by atoms with Crippen molar-refractivity contribution in [2.24, 2.45) is 47.3 Å². The van der Waals surface area contributed by atoms with E-state index >= 15 is 0 Å². The lowest BCUT2D eigenvalue weighted by Crippen LogP contribution is -2.41. The Morgan fingerprint density at radius 2 is 1.72 bits per heavy atom. The molecule has 0 aromatic heterocycles. The average molecular weight is 401 g/mol. The van der Waals surface area contributed by atoms with Gasteiger partial charge in [-0.25, -0.2) is 4.79 Å². The molecule has 5 aliphatic rings. The summed E-state index contributed by atoms with van der Waals surface area (Å²) in [6, 6.07) is 0. The first-order valence-corrected chi connectivity index (χ1v) is 12.1. The molecule has 29 heavy (non-hydrogen) atoms. The van der Waals surface area contributed by atoms with Crippen LogP contribution in [0.1, 0.15) is 71.6 Å². The zero-order valence-electron chi connectivity index (χ0n) is 18.0. The van der Waals surface area contributed by atoms with Gasteiger partial charge in [0.2, 0.25) is 0 Å². The van der Waals surface area contributed by atoms with E-state index in [2.05, 4.69) is 26.0 Å². The Kier molecular flexibility index (Phi) is 5.03. The molecule has 8 unspecified atom stereocenters. The van der Waals surface area contributed by atoms with E-state index in [9.17, 15) is 9.59 Å². The molecular formula is C25H36O4. The van der Waals surface area contributed by atoms with Crippen molar-refractivity contribution in [3.63, 3.8) is 0 Å². The molecule has 4 heteroatoms. The summed E-state index contributed by atoms with van der Waals surface area (Å²) in [6.45, 7) is 3.92. The van der Waals surface area contributed by atoms with Gasteiger partial charge in [0.15, 0.2) is 6.61 Å². The number of fused-ring (bicyclic) bond motifs is 9. The molecule has 0 N–H and O–H groups in total. The Morgan fingerprint density at radius 1 is 1.00 bits per heavy atom. The van der Waals surface area contributed by atoms with Gasteiger partial charge in [-0.1, -0.05) is 38.3 Å². The van der Waals surface area contributed by atoms with Gasteiger partial charge in [-0.05, 0) is 86.9 Å². The van der Waals surface area contributed by atoms with Crippen LogP contribution in [0.2, 0.25) is 0 Å². The van der Waals surface area contributed by atoms with E-state index in [1.807, 2.05) is 0 Å². The van der Waals surface area contributed by atoms with Crippen LogP contribution in [0.15, 0.2) is 12.2 Å². The minimum Gasteiger partial charge on any atom is -0.457 e. The van der Waals surface area contributed by atoms with Crippen molar-refractivity contribution in [1.82, 2.24) is 0 Å². The highest BCUT2D eigenvalue weighted by molar-refractivity contribution is 5.78. The van der Waals surface area contributed by atoms with Crippen molar-refractivity contribution in [3.05, 3.63) is 12.2 Å². The number of hydrogen-bond acceptors (Lipinski definition) is 4. The molecular weight excluding hydrogens is 364 g/mol. The van der Waals surface area contributed by atoms with Crippen LogP contribution >= 0.6 is 0 Å². The summed E-state index contributed by atoms with van der Waals surface area (Å²) in [6.07, 6.45) is 15.0. The molecule has 0 amide bonds.